The minimum atomic E-state index is -0.479. The van der Waals surface area contributed by atoms with Crippen LogP contribution in [0.4, 0.5) is 0 Å². The second-order valence-electron chi connectivity index (χ2n) is 3.79. The quantitative estimate of drug-likeness (QED) is 0.486. The fourth-order valence-electron chi connectivity index (χ4n) is 1.35. The average Bonchev–Trinajstić information content (AvgIpc) is 2.02. The third-order valence-electron chi connectivity index (χ3n) is 2.78. The van der Waals surface area contributed by atoms with Gasteiger partial charge in [-0.1, -0.05) is 27.2 Å². The molecule has 0 aromatic carbocycles. The first kappa shape index (κ1) is 11.9. The van der Waals surface area contributed by atoms with Crippen molar-refractivity contribution < 1.29 is 4.92 Å². The molecule has 0 saturated heterocycles. The van der Waals surface area contributed by atoms with Gasteiger partial charge in [0.25, 0.3) is 0 Å². The molecule has 0 aromatic heterocycles. The number of nitro groups is 1. The van der Waals surface area contributed by atoms with E-state index in [1.54, 1.807) is 0 Å². The molecule has 0 aliphatic rings. The van der Waals surface area contributed by atoms with Gasteiger partial charge in [-0.25, -0.2) is 0 Å². The van der Waals surface area contributed by atoms with Gasteiger partial charge in [-0.05, 0) is 5.92 Å². The lowest BCUT2D eigenvalue weighted by Crippen LogP contribution is -2.32. The minimum absolute atomic E-state index is 0.116. The summed E-state index contributed by atoms with van der Waals surface area (Å²) in [4.78, 5) is 10.1. The summed E-state index contributed by atoms with van der Waals surface area (Å²) in [6.45, 7) is 5.64. The van der Waals surface area contributed by atoms with E-state index in [4.69, 9.17) is 5.26 Å². The number of nitriles is 1. The first-order valence-corrected chi connectivity index (χ1v) is 4.45. The van der Waals surface area contributed by atoms with Gasteiger partial charge in [0.15, 0.2) is 0 Å². The monoisotopic (exact) mass is 184 g/mol. The first-order chi connectivity index (χ1) is 5.96. The smallest absolute Gasteiger partial charge is 0.210 e. The van der Waals surface area contributed by atoms with Crippen LogP contribution in [0.3, 0.4) is 0 Å². The lowest BCUT2D eigenvalue weighted by molar-refractivity contribution is -0.498. The molecule has 4 heteroatoms. The van der Waals surface area contributed by atoms with Crippen molar-refractivity contribution in [3.05, 3.63) is 10.1 Å². The Kier molecular flexibility index (Phi) is 4.39. The maximum absolute atomic E-state index is 10.4. The molecule has 2 unspecified atom stereocenters. The maximum Gasteiger partial charge on any atom is 0.210 e. The molecule has 13 heavy (non-hydrogen) atoms. The Hall–Kier alpha value is -1.11. The second kappa shape index (κ2) is 4.80. The second-order valence-corrected chi connectivity index (χ2v) is 3.79. The molecule has 0 radical (unpaired) electrons. The van der Waals surface area contributed by atoms with Crippen LogP contribution in [-0.4, -0.2) is 11.5 Å². The van der Waals surface area contributed by atoms with Crippen LogP contribution >= 0.6 is 0 Å². The van der Waals surface area contributed by atoms with E-state index in [1.165, 1.54) is 0 Å². The van der Waals surface area contributed by atoms with Crippen molar-refractivity contribution in [3.8, 4) is 6.07 Å². The summed E-state index contributed by atoms with van der Waals surface area (Å²) in [6, 6.07) is 2.02. The number of rotatable bonds is 5. The van der Waals surface area contributed by atoms with Crippen molar-refractivity contribution in [2.75, 3.05) is 6.54 Å². The average molecular weight is 184 g/mol. The van der Waals surface area contributed by atoms with Gasteiger partial charge in [-0.3, -0.25) is 10.1 Å². The van der Waals surface area contributed by atoms with E-state index < -0.39 is 5.41 Å². The number of hydrogen-bond acceptors (Lipinski definition) is 3. The standard InChI is InChI=1S/C9H16N2O2/c1-4-8(2)9(3,5-6-10)7-11(12)13/h8H,4-5,7H2,1-3H3. The molecule has 4 nitrogen and oxygen atoms in total. The summed E-state index contributed by atoms with van der Waals surface area (Å²) in [5.41, 5.74) is -0.479. The summed E-state index contributed by atoms with van der Waals surface area (Å²) in [6.07, 6.45) is 1.12. The van der Waals surface area contributed by atoms with E-state index in [0.29, 0.717) is 0 Å². The van der Waals surface area contributed by atoms with E-state index in [0.717, 1.165) is 6.42 Å². The van der Waals surface area contributed by atoms with Crippen molar-refractivity contribution in [2.45, 2.75) is 33.6 Å². The van der Waals surface area contributed by atoms with Gasteiger partial charge >= 0.3 is 0 Å². The van der Waals surface area contributed by atoms with E-state index in [-0.39, 0.29) is 23.8 Å². The third-order valence-corrected chi connectivity index (χ3v) is 2.78. The highest BCUT2D eigenvalue weighted by Gasteiger charge is 2.35. The van der Waals surface area contributed by atoms with Crippen LogP contribution in [0.2, 0.25) is 0 Å². The highest BCUT2D eigenvalue weighted by atomic mass is 16.6. The van der Waals surface area contributed by atoms with E-state index in [1.807, 2.05) is 26.8 Å². The molecule has 0 aliphatic heterocycles. The minimum Gasteiger partial charge on any atom is -0.265 e. The van der Waals surface area contributed by atoms with Crippen molar-refractivity contribution in [1.82, 2.24) is 0 Å². The molecule has 0 fully saturated rings. The Balaban J connectivity index is 4.52. The van der Waals surface area contributed by atoms with Crippen molar-refractivity contribution in [2.24, 2.45) is 11.3 Å². The molecule has 0 saturated carbocycles. The molecule has 0 N–H and O–H groups in total. The zero-order valence-corrected chi connectivity index (χ0v) is 8.41. The summed E-state index contributed by atoms with van der Waals surface area (Å²) >= 11 is 0. The SMILES string of the molecule is CCC(C)C(C)(CC#N)C[N+](=O)[O-]. The van der Waals surface area contributed by atoms with Gasteiger partial charge in [0.05, 0.1) is 6.07 Å². The van der Waals surface area contributed by atoms with Gasteiger partial charge in [-0.2, -0.15) is 5.26 Å². The van der Waals surface area contributed by atoms with Crippen LogP contribution in [0.15, 0.2) is 0 Å². The summed E-state index contributed by atoms with van der Waals surface area (Å²) in [5.74, 6) is 0.206. The number of nitrogens with zero attached hydrogens (tertiary/aromatic N) is 2. The van der Waals surface area contributed by atoms with Crippen LogP contribution in [-0.2, 0) is 0 Å². The molecule has 0 aliphatic carbocycles. The Bertz CT molecular complexity index is 222. The van der Waals surface area contributed by atoms with E-state index >= 15 is 0 Å². The van der Waals surface area contributed by atoms with Crippen molar-refractivity contribution in [3.63, 3.8) is 0 Å². The Morgan fingerprint density at radius 1 is 1.69 bits per heavy atom. The topological polar surface area (TPSA) is 66.9 Å². The molecule has 0 rings (SSSR count). The molecule has 0 bridgehead atoms. The van der Waals surface area contributed by atoms with E-state index in [9.17, 15) is 10.1 Å². The predicted molar refractivity (Wildman–Crippen MR) is 49.7 cm³/mol. The van der Waals surface area contributed by atoms with Gasteiger partial charge < -0.3 is 0 Å². The Morgan fingerprint density at radius 3 is 2.54 bits per heavy atom. The van der Waals surface area contributed by atoms with Gasteiger partial charge in [-0.15, -0.1) is 0 Å². The van der Waals surface area contributed by atoms with Crippen molar-refractivity contribution in [1.29, 1.82) is 5.26 Å². The first-order valence-electron chi connectivity index (χ1n) is 4.45. The van der Waals surface area contributed by atoms with Crippen LogP contribution < -0.4 is 0 Å². The van der Waals surface area contributed by atoms with Crippen LogP contribution in [0, 0.1) is 32.8 Å². The molecule has 0 amide bonds. The van der Waals surface area contributed by atoms with E-state index in [2.05, 4.69) is 0 Å². The number of hydrogen-bond donors (Lipinski definition) is 0. The Labute approximate surface area is 78.7 Å². The van der Waals surface area contributed by atoms with Crippen molar-refractivity contribution >= 4 is 0 Å². The van der Waals surface area contributed by atoms with Crippen LogP contribution in [0.1, 0.15) is 33.6 Å². The summed E-state index contributed by atoms with van der Waals surface area (Å²) < 4.78 is 0. The van der Waals surface area contributed by atoms with Crippen LogP contribution in [0.5, 0.6) is 0 Å². The molecule has 74 valence electrons. The van der Waals surface area contributed by atoms with Gasteiger partial charge in [0.2, 0.25) is 6.54 Å². The maximum atomic E-state index is 10.4. The largest absolute Gasteiger partial charge is 0.265 e. The fraction of sp³-hybridized carbons (Fsp3) is 0.889. The summed E-state index contributed by atoms with van der Waals surface area (Å²) in [5, 5.41) is 19.0. The van der Waals surface area contributed by atoms with Gasteiger partial charge in [0.1, 0.15) is 0 Å². The zero-order valence-electron chi connectivity index (χ0n) is 8.41. The molecular weight excluding hydrogens is 168 g/mol. The molecule has 0 aromatic rings. The van der Waals surface area contributed by atoms with Crippen LogP contribution in [0.25, 0.3) is 0 Å². The molecule has 2 atom stereocenters. The zero-order chi connectivity index (χ0) is 10.5. The molecule has 0 heterocycles. The lowest BCUT2D eigenvalue weighted by Gasteiger charge is -2.28. The fourth-order valence-corrected chi connectivity index (χ4v) is 1.35. The summed E-state index contributed by atoms with van der Waals surface area (Å²) in [7, 11) is 0. The normalized spacial score (nSPS) is 17.1. The molecule has 0 spiro atoms. The highest BCUT2D eigenvalue weighted by Crippen LogP contribution is 2.33. The highest BCUT2D eigenvalue weighted by molar-refractivity contribution is 4.88. The molecular formula is C9H16N2O2. The Morgan fingerprint density at radius 2 is 2.23 bits per heavy atom. The van der Waals surface area contributed by atoms with Gasteiger partial charge in [0, 0.05) is 16.8 Å². The predicted octanol–water partition coefficient (Wildman–Crippen LogP) is 2.23. The lowest BCUT2D eigenvalue weighted by atomic mass is 9.74. The third kappa shape index (κ3) is 3.41.